The number of piperazine rings is 1. The minimum atomic E-state index is 0.229. The summed E-state index contributed by atoms with van der Waals surface area (Å²) in [5, 5.41) is 0. The van der Waals surface area contributed by atoms with Crippen LogP contribution in [0.4, 0.5) is 0 Å². The smallest absolute Gasteiger partial charge is 0.219 e. The zero-order valence-corrected chi connectivity index (χ0v) is 7.08. The van der Waals surface area contributed by atoms with Crippen LogP contribution in [0.25, 0.3) is 0 Å². The molecule has 0 aromatic carbocycles. The van der Waals surface area contributed by atoms with Crippen LogP contribution in [-0.4, -0.2) is 47.9 Å². The monoisotopic (exact) mass is 154 g/mol. The largest absolute Gasteiger partial charge is 0.340 e. The Morgan fingerprint density at radius 2 is 1.91 bits per heavy atom. The van der Waals surface area contributed by atoms with Crippen molar-refractivity contribution >= 4 is 5.91 Å². The van der Waals surface area contributed by atoms with E-state index in [9.17, 15) is 4.79 Å². The Morgan fingerprint density at radius 1 is 1.36 bits per heavy atom. The summed E-state index contributed by atoms with van der Waals surface area (Å²) in [4.78, 5) is 15.3. The number of likely N-dealkylation sites (N-methyl/N-ethyl adjacent to an activating group) is 1. The predicted molar refractivity (Wildman–Crippen MR) is 42.2 cm³/mol. The first-order valence-electron chi connectivity index (χ1n) is 4.16. The fraction of sp³-hybridized carbons (Fsp3) is 0.875. The van der Waals surface area contributed by atoms with Gasteiger partial charge in [-0.2, -0.15) is 0 Å². The fourth-order valence-corrected chi connectivity index (χ4v) is 2.05. The Labute approximate surface area is 67.0 Å². The van der Waals surface area contributed by atoms with Gasteiger partial charge in [-0.25, -0.2) is 0 Å². The van der Waals surface area contributed by atoms with Gasteiger partial charge in [0.05, 0.1) is 0 Å². The van der Waals surface area contributed by atoms with E-state index in [1.807, 2.05) is 4.90 Å². The van der Waals surface area contributed by atoms with Gasteiger partial charge >= 0.3 is 0 Å². The summed E-state index contributed by atoms with van der Waals surface area (Å²) in [5.74, 6) is 0.229. The van der Waals surface area contributed by atoms with Crippen molar-refractivity contribution in [3.05, 3.63) is 0 Å². The van der Waals surface area contributed by atoms with Gasteiger partial charge in [0.1, 0.15) is 0 Å². The van der Waals surface area contributed by atoms with E-state index < -0.39 is 0 Å². The average Bonchev–Trinajstić information content (AvgIpc) is 2.03. The molecule has 11 heavy (non-hydrogen) atoms. The van der Waals surface area contributed by atoms with Crippen LogP contribution in [0.15, 0.2) is 0 Å². The van der Waals surface area contributed by atoms with E-state index in [1.54, 1.807) is 6.92 Å². The van der Waals surface area contributed by atoms with Crippen LogP contribution < -0.4 is 0 Å². The first-order valence-corrected chi connectivity index (χ1v) is 4.16. The Balaban J connectivity index is 1.99. The maximum absolute atomic E-state index is 11.0. The summed E-state index contributed by atoms with van der Waals surface area (Å²) in [5.41, 5.74) is 0. The van der Waals surface area contributed by atoms with Crippen LogP contribution in [0.5, 0.6) is 0 Å². The van der Waals surface area contributed by atoms with Crippen molar-refractivity contribution in [3.8, 4) is 0 Å². The van der Waals surface area contributed by atoms with E-state index in [2.05, 4.69) is 11.9 Å². The molecule has 0 spiro atoms. The minimum Gasteiger partial charge on any atom is -0.340 e. The van der Waals surface area contributed by atoms with Gasteiger partial charge in [-0.3, -0.25) is 9.69 Å². The molecule has 0 radical (unpaired) electrons. The van der Waals surface area contributed by atoms with Crippen molar-refractivity contribution < 1.29 is 4.79 Å². The lowest BCUT2D eigenvalue weighted by Crippen LogP contribution is -2.67. The molecule has 0 aliphatic carbocycles. The highest BCUT2D eigenvalue weighted by Gasteiger charge is 2.42. The molecule has 3 heteroatoms. The molecule has 0 aromatic heterocycles. The van der Waals surface area contributed by atoms with E-state index in [0.29, 0.717) is 12.1 Å². The second-order valence-electron chi connectivity index (χ2n) is 3.63. The molecule has 0 saturated carbocycles. The minimum absolute atomic E-state index is 0.229. The molecular formula is C8H14N2O. The number of carbonyl (C=O) groups excluding carboxylic acids is 1. The van der Waals surface area contributed by atoms with E-state index in [1.165, 1.54) is 6.42 Å². The van der Waals surface area contributed by atoms with Crippen molar-refractivity contribution in [1.29, 1.82) is 0 Å². The molecule has 1 amide bonds. The molecule has 0 aromatic rings. The standard InChI is InChI=1S/C8H14N2O/c1-6(11)10-4-7-3-8(5-10)9(7)2/h7-8H,3-5H2,1-2H3. The lowest BCUT2D eigenvalue weighted by atomic mass is 9.88. The average molecular weight is 154 g/mol. The highest BCUT2D eigenvalue weighted by Crippen LogP contribution is 2.29. The first-order chi connectivity index (χ1) is 5.18. The zero-order valence-electron chi connectivity index (χ0n) is 7.08. The molecule has 3 aliphatic rings. The van der Waals surface area contributed by atoms with Crippen molar-refractivity contribution in [2.75, 3.05) is 20.1 Å². The molecule has 3 heterocycles. The third-order valence-electron chi connectivity index (χ3n) is 3.00. The van der Waals surface area contributed by atoms with Crippen LogP contribution >= 0.6 is 0 Å². The summed E-state index contributed by atoms with van der Waals surface area (Å²) in [7, 11) is 2.15. The Hall–Kier alpha value is -0.570. The van der Waals surface area contributed by atoms with Crippen molar-refractivity contribution in [2.45, 2.75) is 25.4 Å². The zero-order chi connectivity index (χ0) is 8.01. The second kappa shape index (κ2) is 2.21. The van der Waals surface area contributed by atoms with E-state index in [0.717, 1.165) is 13.1 Å². The SMILES string of the molecule is CC(=O)N1CC2CC(C1)N2C. The molecule has 3 nitrogen and oxygen atoms in total. The molecule has 2 unspecified atom stereocenters. The number of amides is 1. The summed E-state index contributed by atoms with van der Waals surface area (Å²) in [6, 6.07) is 1.30. The normalized spacial score (nSPS) is 36.7. The second-order valence-corrected chi connectivity index (χ2v) is 3.63. The summed E-state index contributed by atoms with van der Waals surface area (Å²) >= 11 is 0. The number of hydrogen-bond acceptors (Lipinski definition) is 2. The topological polar surface area (TPSA) is 23.6 Å². The molecule has 3 fully saturated rings. The number of carbonyl (C=O) groups is 1. The van der Waals surface area contributed by atoms with Gasteiger partial charge in [-0.05, 0) is 13.5 Å². The van der Waals surface area contributed by atoms with Crippen LogP contribution in [0.3, 0.4) is 0 Å². The number of fused-ring (bicyclic) bond motifs is 2. The van der Waals surface area contributed by atoms with Crippen LogP contribution in [0.1, 0.15) is 13.3 Å². The van der Waals surface area contributed by atoms with E-state index in [-0.39, 0.29) is 5.91 Å². The highest BCUT2D eigenvalue weighted by atomic mass is 16.2. The van der Waals surface area contributed by atoms with Crippen molar-refractivity contribution in [1.82, 2.24) is 9.80 Å². The lowest BCUT2D eigenvalue weighted by Gasteiger charge is -2.54. The number of nitrogens with zero attached hydrogens (tertiary/aromatic N) is 2. The number of piperidine rings is 1. The fourth-order valence-electron chi connectivity index (χ4n) is 2.05. The molecule has 2 atom stereocenters. The molecule has 62 valence electrons. The van der Waals surface area contributed by atoms with Gasteiger partial charge < -0.3 is 4.90 Å². The van der Waals surface area contributed by atoms with Gasteiger partial charge in [0.25, 0.3) is 0 Å². The van der Waals surface area contributed by atoms with Crippen LogP contribution in [0, 0.1) is 0 Å². The predicted octanol–water partition coefficient (Wildman–Crippen LogP) is -0.0788. The third kappa shape index (κ3) is 0.948. The van der Waals surface area contributed by atoms with Gasteiger partial charge in [-0.1, -0.05) is 0 Å². The molecule has 3 rings (SSSR count). The summed E-state index contributed by atoms with van der Waals surface area (Å²) in [6.45, 7) is 3.55. The Morgan fingerprint density at radius 3 is 2.27 bits per heavy atom. The molecule has 3 saturated heterocycles. The van der Waals surface area contributed by atoms with Crippen molar-refractivity contribution in [2.24, 2.45) is 0 Å². The Bertz CT molecular complexity index is 181. The van der Waals surface area contributed by atoms with Gasteiger partial charge in [0, 0.05) is 32.1 Å². The maximum Gasteiger partial charge on any atom is 0.219 e. The molecule has 2 bridgehead atoms. The number of hydrogen-bond donors (Lipinski definition) is 0. The quantitative estimate of drug-likeness (QED) is 0.487. The molecular weight excluding hydrogens is 140 g/mol. The van der Waals surface area contributed by atoms with Gasteiger partial charge in [0.15, 0.2) is 0 Å². The lowest BCUT2D eigenvalue weighted by molar-refractivity contribution is -0.139. The number of rotatable bonds is 0. The molecule has 3 aliphatic heterocycles. The first kappa shape index (κ1) is 7.10. The highest BCUT2D eigenvalue weighted by molar-refractivity contribution is 5.73. The Kier molecular flexibility index (Phi) is 1.42. The molecule has 0 N–H and O–H groups in total. The summed E-state index contributed by atoms with van der Waals surface area (Å²) < 4.78 is 0. The summed E-state index contributed by atoms with van der Waals surface area (Å²) in [6.07, 6.45) is 1.29. The maximum atomic E-state index is 11.0. The third-order valence-corrected chi connectivity index (χ3v) is 3.00. The van der Waals surface area contributed by atoms with E-state index in [4.69, 9.17) is 0 Å². The van der Waals surface area contributed by atoms with Crippen LogP contribution in [0.2, 0.25) is 0 Å². The van der Waals surface area contributed by atoms with Gasteiger partial charge in [0.2, 0.25) is 5.91 Å². The van der Waals surface area contributed by atoms with Crippen molar-refractivity contribution in [3.63, 3.8) is 0 Å². The van der Waals surface area contributed by atoms with Crippen LogP contribution in [-0.2, 0) is 4.79 Å². The van der Waals surface area contributed by atoms with Gasteiger partial charge in [-0.15, -0.1) is 0 Å². The van der Waals surface area contributed by atoms with E-state index >= 15 is 0 Å².